The Morgan fingerprint density at radius 1 is 1.29 bits per heavy atom. The largest absolute Gasteiger partial charge is 0.472 e. The molecule has 0 spiro atoms. The van der Waals surface area contributed by atoms with Crippen molar-refractivity contribution < 1.29 is 13.2 Å². The predicted octanol–water partition coefficient (Wildman–Crippen LogP) is 0.536. The van der Waals surface area contributed by atoms with Gasteiger partial charge in [0.1, 0.15) is 6.10 Å². The quantitative estimate of drug-likeness (QED) is 0.854. The van der Waals surface area contributed by atoms with E-state index >= 15 is 0 Å². The van der Waals surface area contributed by atoms with Crippen molar-refractivity contribution in [1.82, 2.24) is 14.7 Å². The predicted molar refractivity (Wildman–Crippen MR) is 78.9 cm³/mol. The Labute approximate surface area is 124 Å². The molecule has 0 bridgehead atoms. The second-order valence-electron chi connectivity index (χ2n) is 5.46. The molecule has 7 nitrogen and oxygen atoms in total. The van der Waals surface area contributed by atoms with Gasteiger partial charge in [0, 0.05) is 25.5 Å². The number of sulfonamides is 1. The van der Waals surface area contributed by atoms with Crippen LogP contribution in [0, 0.1) is 0 Å². The lowest BCUT2D eigenvalue weighted by atomic mass is 9.96. The summed E-state index contributed by atoms with van der Waals surface area (Å²) in [6.07, 6.45) is 7.31. The molecule has 1 aliphatic heterocycles. The van der Waals surface area contributed by atoms with E-state index in [2.05, 4.69) is 14.7 Å². The summed E-state index contributed by atoms with van der Waals surface area (Å²) >= 11 is 0. The van der Waals surface area contributed by atoms with Crippen LogP contribution in [0.4, 0.5) is 5.82 Å². The molecule has 1 aromatic heterocycles. The SMILES string of the molecule is CNS(=O)(=O)C1CCN(c2nccnc2OC2CCC2)C1. The van der Waals surface area contributed by atoms with E-state index in [1.54, 1.807) is 12.4 Å². The van der Waals surface area contributed by atoms with Crippen LogP contribution in [0.3, 0.4) is 0 Å². The lowest BCUT2D eigenvalue weighted by molar-refractivity contribution is 0.114. The number of rotatable bonds is 5. The van der Waals surface area contributed by atoms with Gasteiger partial charge in [-0.3, -0.25) is 0 Å². The van der Waals surface area contributed by atoms with Crippen LogP contribution in [0.25, 0.3) is 0 Å². The minimum Gasteiger partial charge on any atom is -0.472 e. The molecule has 1 atom stereocenters. The minimum atomic E-state index is -3.25. The molecule has 2 heterocycles. The van der Waals surface area contributed by atoms with Crippen molar-refractivity contribution in [2.24, 2.45) is 0 Å². The van der Waals surface area contributed by atoms with E-state index in [0.29, 0.717) is 31.2 Å². The van der Waals surface area contributed by atoms with Crippen LogP contribution < -0.4 is 14.4 Å². The smallest absolute Gasteiger partial charge is 0.257 e. The molecule has 0 radical (unpaired) electrons. The van der Waals surface area contributed by atoms with Gasteiger partial charge >= 0.3 is 0 Å². The zero-order chi connectivity index (χ0) is 14.9. The van der Waals surface area contributed by atoms with Crippen molar-refractivity contribution in [2.75, 3.05) is 25.0 Å². The van der Waals surface area contributed by atoms with Gasteiger partial charge in [-0.1, -0.05) is 0 Å². The number of ether oxygens (including phenoxy) is 1. The van der Waals surface area contributed by atoms with E-state index in [-0.39, 0.29) is 6.10 Å². The fraction of sp³-hybridized carbons (Fsp3) is 0.692. The van der Waals surface area contributed by atoms with Crippen molar-refractivity contribution in [1.29, 1.82) is 0 Å². The third kappa shape index (κ3) is 2.96. The highest BCUT2D eigenvalue weighted by molar-refractivity contribution is 7.90. The fourth-order valence-corrected chi connectivity index (χ4v) is 3.73. The van der Waals surface area contributed by atoms with Gasteiger partial charge in [-0.2, -0.15) is 0 Å². The maximum atomic E-state index is 11.9. The van der Waals surface area contributed by atoms with Crippen molar-refractivity contribution in [3.05, 3.63) is 12.4 Å². The van der Waals surface area contributed by atoms with E-state index < -0.39 is 15.3 Å². The average molecular weight is 312 g/mol. The van der Waals surface area contributed by atoms with E-state index in [9.17, 15) is 8.42 Å². The molecule has 8 heteroatoms. The Bertz CT molecular complexity index is 603. The second kappa shape index (κ2) is 5.76. The first-order valence-corrected chi connectivity index (χ1v) is 8.80. The number of anilines is 1. The van der Waals surface area contributed by atoms with Crippen molar-refractivity contribution in [3.63, 3.8) is 0 Å². The highest BCUT2D eigenvalue weighted by atomic mass is 32.2. The maximum Gasteiger partial charge on any atom is 0.257 e. The van der Waals surface area contributed by atoms with Crippen LogP contribution in [0.2, 0.25) is 0 Å². The van der Waals surface area contributed by atoms with Crippen LogP contribution in [0.15, 0.2) is 12.4 Å². The molecule has 2 aliphatic rings. The van der Waals surface area contributed by atoms with Crippen LogP contribution in [-0.4, -0.2) is 49.9 Å². The summed E-state index contributed by atoms with van der Waals surface area (Å²) < 4.78 is 32.0. The van der Waals surface area contributed by atoms with Gasteiger partial charge in [-0.05, 0) is 32.7 Å². The first-order valence-electron chi connectivity index (χ1n) is 7.25. The second-order valence-corrected chi connectivity index (χ2v) is 7.63. The molecule has 1 aliphatic carbocycles. The monoisotopic (exact) mass is 312 g/mol. The Hall–Kier alpha value is -1.41. The summed E-state index contributed by atoms with van der Waals surface area (Å²) in [5, 5.41) is -0.416. The number of aromatic nitrogens is 2. The van der Waals surface area contributed by atoms with E-state index in [1.807, 2.05) is 4.90 Å². The molecule has 116 valence electrons. The zero-order valence-corrected chi connectivity index (χ0v) is 12.8. The maximum absolute atomic E-state index is 11.9. The van der Waals surface area contributed by atoms with Crippen LogP contribution >= 0.6 is 0 Å². The molecule has 21 heavy (non-hydrogen) atoms. The summed E-state index contributed by atoms with van der Waals surface area (Å²) in [7, 11) is -1.80. The van der Waals surface area contributed by atoms with E-state index in [4.69, 9.17) is 4.74 Å². The van der Waals surface area contributed by atoms with Crippen LogP contribution in [0.5, 0.6) is 5.88 Å². The minimum absolute atomic E-state index is 0.222. The summed E-state index contributed by atoms with van der Waals surface area (Å²) in [5.41, 5.74) is 0. The van der Waals surface area contributed by atoms with Gasteiger partial charge in [0.2, 0.25) is 10.0 Å². The number of hydrogen-bond donors (Lipinski definition) is 1. The van der Waals surface area contributed by atoms with E-state index in [1.165, 1.54) is 13.5 Å². The van der Waals surface area contributed by atoms with Gasteiger partial charge in [0.25, 0.3) is 5.88 Å². The standard InChI is InChI=1S/C13H20N4O3S/c1-14-21(18,19)11-5-8-17(9-11)12-13(16-7-6-15-12)20-10-3-2-4-10/h6-7,10-11,14H,2-5,8-9H2,1H3. The molecule has 1 N–H and O–H groups in total. The summed E-state index contributed by atoms with van der Waals surface area (Å²) in [5.74, 6) is 1.17. The number of nitrogens with zero attached hydrogens (tertiary/aromatic N) is 3. The van der Waals surface area contributed by atoms with Crippen molar-refractivity contribution in [3.8, 4) is 5.88 Å². The lowest BCUT2D eigenvalue weighted by Crippen LogP contribution is -2.34. The zero-order valence-electron chi connectivity index (χ0n) is 12.0. The summed E-state index contributed by atoms with van der Waals surface area (Å²) in [6.45, 7) is 1.06. The molecular formula is C13H20N4O3S. The summed E-state index contributed by atoms with van der Waals surface area (Å²) in [6, 6.07) is 0. The Kier molecular flexibility index (Phi) is 3.99. The molecule has 0 aromatic carbocycles. The average Bonchev–Trinajstić information content (AvgIpc) is 2.94. The Balaban J connectivity index is 1.75. The van der Waals surface area contributed by atoms with Gasteiger partial charge in [0.05, 0.1) is 5.25 Å². The molecule has 1 saturated carbocycles. The van der Waals surface area contributed by atoms with E-state index in [0.717, 1.165) is 12.8 Å². The van der Waals surface area contributed by atoms with Crippen molar-refractivity contribution in [2.45, 2.75) is 37.0 Å². The van der Waals surface area contributed by atoms with Crippen molar-refractivity contribution >= 4 is 15.8 Å². The molecule has 1 aromatic rings. The third-order valence-electron chi connectivity index (χ3n) is 4.14. The lowest BCUT2D eigenvalue weighted by Gasteiger charge is -2.28. The third-order valence-corrected chi connectivity index (χ3v) is 5.98. The molecule has 1 unspecified atom stereocenters. The highest BCUT2D eigenvalue weighted by Gasteiger charge is 2.34. The first-order chi connectivity index (χ1) is 10.1. The topological polar surface area (TPSA) is 84.4 Å². The number of hydrogen-bond acceptors (Lipinski definition) is 6. The van der Waals surface area contributed by atoms with Gasteiger partial charge in [-0.25, -0.2) is 23.1 Å². The molecule has 3 rings (SSSR count). The van der Waals surface area contributed by atoms with Crippen LogP contribution in [0.1, 0.15) is 25.7 Å². The summed E-state index contributed by atoms with van der Waals surface area (Å²) in [4.78, 5) is 10.5. The molecule has 0 amide bonds. The molecule has 2 fully saturated rings. The molecular weight excluding hydrogens is 292 g/mol. The Morgan fingerprint density at radius 3 is 2.71 bits per heavy atom. The van der Waals surface area contributed by atoms with Gasteiger partial charge < -0.3 is 9.64 Å². The highest BCUT2D eigenvalue weighted by Crippen LogP contribution is 2.31. The number of nitrogens with one attached hydrogen (secondary N) is 1. The molecule has 1 saturated heterocycles. The van der Waals surface area contributed by atoms with Gasteiger partial charge in [0.15, 0.2) is 5.82 Å². The fourth-order valence-electron chi connectivity index (χ4n) is 2.60. The Morgan fingerprint density at radius 2 is 2.05 bits per heavy atom. The normalized spacial score (nSPS) is 23.1. The van der Waals surface area contributed by atoms with Gasteiger partial charge in [-0.15, -0.1) is 0 Å². The van der Waals surface area contributed by atoms with Crippen LogP contribution in [-0.2, 0) is 10.0 Å². The first kappa shape index (κ1) is 14.5.